The van der Waals surface area contributed by atoms with E-state index in [4.69, 9.17) is 5.73 Å². The second kappa shape index (κ2) is 4.61. The number of hydrogen-bond donors (Lipinski definition) is 1. The number of fused-ring (bicyclic) bond motifs is 1. The van der Waals surface area contributed by atoms with Gasteiger partial charge in [-0.05, 0) is 48.8 Å². The SMILES string of the molecule is CC1CC(C)CC(N)(c2cccc3ncccc23)C1. The maximum absolute atomic E-state index is 6.80. The molecule has 2 aromatic rings. The Morgan fingerprint density at radius 3 is 2.58 bits per heavy atom. The predicted octanol–water partition coefficient (Wildman–Crippen LogP) is 3.84. The lowest BCUT2D eigenvalue weighted by Crippen LogP contribution is -2.43. The topological polar surface area (TPSA) is 38.9 Å². The summed E-state index contributed by atoms with van der Waals surface area (Å²) in [5, 5.41) is 1.22. The van der Waals surface area contributed by atoms with Gasteiger partial charge in [-0.15, -0.1) is 0 Å². The standard InChI is InChI=1S/C17H22N2/c1-12-9-13(2)11-17(18,10-12)15-6-3-7-16-14(15)5-4-8-19-16/h3-8,12-13H,9-11,18H2,1-2H3. The first-order valence-corrected chi connectivity index (χ1v) is 7.21. The Bertz CT molecular complexity index is 575. The maximum Gasteiger partial charge on any atom is 0.0705 e. The van der Waals surface area contributed by atoms with Crippen molar-refractivity contribution >= 4 is 10.9 Å². The van der Waals surface area contributed by atoms with E-state index >= 15 is 0 Å². The molecule has 0 aliphatic heterocycles. The lowest BCUT2D eigenvalue weighted by Gasteiger charge is -2.41. The van der Waals surface area contributed by atoms with Crippen molar-refractivity contribution in [1.82, 2.24) is 4.98 Å². The molecule has 0 bridgehead atoms. The van der Waals surface area contributed by atoms with Crippen LogP contribution in [0.2, 0.25) is 0 Å². The van der Waals surface area contributed by atoms with Crippen LogP contribution in [0.3, 0.4) is 0 Å². The van der Waals surface area contributed by atoms with Gasteiger partial charge < -0.3 is 5.73 Å². The highest BCUT2D eigenvalue weighted by atomic mass is 14.8. The zero-order valence-corrected chi connectivity index (χ0v) is 11.8. The molecule has 1 aromatic carbocycles. The Kier molecular flexibility index (Phi) is 3.06. The van der Waals surface area contributed by atoms with Gasteiger partial charge in [0.2, 0.25) is 0 Å². The van der Waals surface area contributed by atoms with Crippen molar-refractivity contribution < 1.29 is 0 Å². The van der Waals surface area contributed by atoms with Gasteiger partial charge in [0.15, 0.2) is 0 Å². The molecule has 2 nitrogen and oxygen atoms in total. The van der Waals surface area contributed by atoms with E-state index in [1.165, 1.54) is 17.4 Å². The Morgan fingerprint density at radius 1 is 1.11 bits per heavy atom. The Morgan fingerprint density at radius 2 is 1.84 bits per heavy atom. The van der Waals surface area contributed by atoms with Crippen molar-refractivity contribution in [2.75, 3.05) is 0 Å². The molecule has 1 aliphatic carbocycles. The van der Waals surface area contributed by atoms with Crippen molar-refractivity contribution in [3.63, 3.8) is 0 Å². The molecule has 1 fully saturated rings. The largest absolute Gasteiger partial charge is 0.321 e. The van der Waals surface area contributed by atoms with Crippen LogP contribution in [-0.2, 0) is 5.54 Å². The molecule has 1 aromatic heterocycles. The van der Waals surface area contributed by atoms with Gasteiger partial charge in [-0.1, -0.05) is 32.0 Å². The van der Waals surface area contributed by atoms with Crippen molar-refractivity contribution in [2.45, 2.75) is 38.6 Å². The van der Waals surface area contributed by atoms with E-state index < -0.39 is 0 Å². The highest BCUT2D eigenvalue weighted by molar-refractivity contribution is 5.83. The molecule has 2 atom stereocenters. The first-order valence-electron chi connectivity index (χ1n) is 7.21. The van der Waals surface area contributed by atoms with Crippen LogP contribution in [0, 0.1) is 11.8 Å². The van der Waals surface area contributed by atoms with E-state index in [0.717, 1.165) is 18.4 Å². The van der Waals surface area contributed by atoms with Crippen LogP contribution in [0.25, 0.3) is 10.9 Å². The molecule has 1 saturated carbocycles. The summed E-state index contributed by atoms with van der Waals surface area (Å²) in [7, 11) is 0. The van der Waals surface area contributed by atoms with Gasteiger partial charge in [-0.2, -0.15) is 0 Å². The van der Waals surface area contributed by atoms with Gasteiger partial charge in [0.1, 0.15) is 0 Å². The molecule has 1 aliphatic rings. The van der Waals surface area contributed by atoms with Crippen molar-refractivity contribution in [3.05, 3.63) is 42.1 Å². The number of nitrogens with zero attached hydrogens (tertiary/aromatic N) is 1. The van der Waals surface area contributed by atoms with Gasteiger partial charge >= 0.3 is 0 Å². The number of aromatic nitrogens is 1. The fraction of sp³-hybridized carbons (Fsp3) is 0.471. The summed E-state index contributed by atoms with van der Waals surface area (Å²) < 4.78 is 0. The number of benzene rings is 1. The van der Waals surface area contributed by atoms with Crippen LogP contribution in [0.15, 0.2) is 36.5 Å². The number of hydrogen-bond acceptors (Lipinski definition) is 2. The third-order valence-electron chi connectivity index (χ3n) is 4.41. The van der Waals surface area contributed by atoms with Crippen LogP contribution in [0.4, 0.5) is 0 Å². The molecular formula is C17H22N2. The fourth-order valence-electron chi connectivity index (χ4n) is 3.94. The summed E-state index contributed by atoms with van der Waals surface area (Å²) in [4.78, 5) is 4.45. The second-order valence-corrected chi connectivity index (χ2v) is 6.39. The highest BCUT2D eigenvalue weighted by Gasteiger charge is 2.36. The van der Waals surface area contributed by atoms with Gasteiger partial charge in [0, 0.05) is 17.1 Å². The summed E-state index contributed by atoms with van der Waals surface area (Å²) in [6, 6.07) is 10.5. The molecule has 0 amide bonds. The molecule has 3 rings (SSSR count). The lowest BCUT2D eigenvalue weighted by atomic mass is 9.68. The summed E-state index contributed by atoms with van der Waals surface area (Å²) >= 11 is 0. The predicted molar refractivity (Wildman–Crippen MR) is 79.8 cm³/mol. The van der Waals surface area contributed by atoms with E-state index in [1.807, 2.05) is 12.3 Å². The molecule has 0 radical (unpaired) electrons. The Hall–Kier alpha value is -1.41. The number of rotatable bonds is 1. The van der Waals surface area contributed by atoms with Crippen LogP contribution in [-0.4, -0.2) is 4.98 Å². The van der Waals surface area contributed by atoms with Crippen LogP contribution in [0.5, 0.6) is 0 Å². The van der Waals surface area contributed by atoms with Gasteiger partial charge in [0.05, 0.1) is 5.52 Å². The average molecular weight is 254 g/mol. The van der Waals surface area contributed by atoms with E-state index in [0.29, 0.717) is 11.8 Å². The quantitative estimate of drug-likeness (QED) is 0.839. The molecular weight excluding hydrogens is 232 g/mol. The van der Waals surface area contributed by atoms with E-state index in [1.54, 1.807) is 0 Å². The molecule has 1 heterocycles. The highest BCUT2D eigenvalue weighted by Crippen LogP contribution is 2.42. The molecule has 2 heteroatoms. The minimum Gasteiger partial charge on any atom is -0.321 e. The summed E-state index contributed by atoms with van der Waals surface area (Å²) in [5.74, 6) is 1.39. The van der Waals surface area contributed by atoms with Gasteiger partial charge in [0.25, 0.3) is 0 Å². The third-order valence-corrected chi connectivity index (χ3v) is 4.41. The van der Waals surface area contributed by atoms with Gasteiger partial charge in [-0.3, -0.25) is 4.98 Å². The summed E-state index contributed by atoms with van der Waals surface area (Å²) in [6.07, 6.45) is 5.29. The first-order chi connectivity index (χ1) is 9.08. The zero-order chi connectivity index (χ0) is 13.5. The molecule has 2 unspecified atom stereocenters. The molecule has 19 heavy (non-hydrogen) atoms. The van der Waals surface area contributed by atoms with Crippen LogP contribution >= 0.6 is 0 Å². The zero-order valence-electron chi connectivity index (χ0n) is 11.8. The average Bonchev–Trinajstić information content (AvgIpc) is 2.36. The lowest BCUT2D eigenvalue weighted by molar-refractivity contribution is 0.185. The smallest absolute Gasteiger partial charge is 0.0705 e. The van der Waals surface area contributed by atoms with Crippen molar-refractivity contribution in [3.8, 4) is 0 Å². The van der Waals surface area contributed by atoms with E-state index in [2.05, 4.69) is 43.1 Å². The number of pyridine rings is 1. The second-order valence-electron chi connectivity index (χ2n) is 6.39. The van der Waals surface area contributed by atoms with E-state index in [9.17, 15) is 0 Å². The maximum atomic E-state index is 6.80. The minimum absolute atomic E-state index is 0.195. The normalized spacial score (nSPS) is 31.5. The van der Waals surface area contributed by atoms with Crippen LogP contribution in [0.1, 0.15) is 38.7 Å². The Labute approximate surface area is 115 Å². The van der Waals surface area contributed by atoms with Crippen molar-refractivity contribution in [1.29, 1.82) is 0 Å². The molecule has 0 spiro atoms. The third kappa shape index (κ3) is 2.25. The summed E-state index contributed by atoms with van der Waals surface area (Å²) in [6.45, 7) is 4.64. The minimum atomic E-state index is -0.195. The summed E-state index contributed by atoms with van der Waals surface area (Å²) in [5.41, 5.74) is 8.93. The fourth-order valence-corrected chi connectivity index (χ4v) is 3.94. The molecule has 0 saturated heterocycles. The van der Waals surface area contributed by atoms with Crippen molar-refractivity contribution in [2.24, 2.45) is 17.6 Å². The molecule has 100 valence electrons. The Balaban J connectivity index is 2.12. The first kappa shape index (κ1) is 12.6. The van der Waals surface area contributed by atoms with Crippen LogP contribution < -0.4 is 5.73 Å². The van der Waals surface area contributed by atoms with E-state index in [-0.39, 0.29) is 5.54 Å². The number of nitrogens with two attached hydrogens (primary N) is 1. The van der Waals surface area contributed by atoms with Gasteiger partial charge in [-0.25, -0.2) is 0 Å². The monoisotopic (exact) mass is 254 g/mol. The molecule has 2 N–H and O–H groups in total.